The van der Waals surface area contributed by atoms with Crippen molar-refractivity contribution in [1.82, 2.24) is 0 Å². The van der Waals surface area contributed by atoms with E-state index in [1.54, 1.807) is 13.0 Å². The number of allylic oxidation sites excluding steroid dienone is 1. The highest BCUT2D eigenvalue weighted by Gasteiger charge is 2.22. The van der Waals surface area contributed by atoms with Gasteiger partial charge in [0.15, 0.2) is 0 Å². The number of ketones is 1. The van der Waals surface area contributed by atoms with E-state index in [4.69, 9.17) is 4.74 Å². The number of rotatable bonds is 5. The third-order valence-electron chi connectivity index (χ3n) is 3.54. The van der Waals surface area contributed by atoms with Crippen LogP contribution in [0, 0.1) is 5.92 Å². The minimum absolute atomic E-state index is 0.201. The summed E-state index contributed by atoms with van der Waals surface area (Å²) in [4.78, 5) is 22.8. The molecular formula is C17H20O3. The van der Waals surface area contributed by atoms with Crippen molar-refractivity contribution in [1.29, 1.82) is 0 Å². The maximum absolute atomic E-state index is 11.5. The summed E-state index contributed by atoms with van der Waals surface area (Å²) in [5.74, 6) is 0.922. The molecule has 0 N–H and O–H groups in total. The monoisotopic (exact) mass is 272 g/mol. The Balaban J connectivity index is 1.93. The summed E-state index contributed by atoms with van der Waals surface area (Å²) in [6.45, 7) is 1.77. The van der Waals surface area contributed by atoms with E-state index in [1.165, 1.54) is 0 Å². The van der Waals surface area contributed by atoms with Crippen LogP contribution in [0.1, 0.15) is 44.6 Å². The van der Waals surface area contributed by atoms with Gasteiger partial charge in [-0.05, 0) is 37.0 Å². The summed E-state index contributed by atoms with van der Waals surface area (Å²) in [5, 5.41) is 0. The number of benzene rings is 1. The van der Waals surface area contributed by atoms with Crippen LogP contribution >= 0.6 is 0 Å². The smallest absolute Gasteiger partial charge is 0.310 e. The van der Waals surface area contributed by atoms with Gasteiger partial charge in [-0.2, -0.15) is 0 Å². The molecule has 0 radical (unpaired) electrons. The lowest BCUT2D eigenvalue weighted by Crippen LogP contribution is -2.05. The molecule has 0 bridgehead atoms. The molecule has 0 aromatic heterocycles. The van der Waals surface area contributed by atoms with Gasteiger partial charge in [-0.1, -0.05) is 31.2 Å². The van der Waals surface area contributed by atoms with Gasteiger partial charge in [-0.25, -0.2) is 0 Å². The molecule has 0 saturated heterocycles. The number of carbonyl (C=O) groups is 2. The number of Topliss-reactive ketones (excluding diaryl/α,β-unsaturated/α-hetero) is 1. The fourth-order valence-corrected chi connectivity index (χ4v) is 2.39. The molecular weight excluding hydrogens is 252 g/mol. The van der Waals surface area contributed by atoms with Crippen molar-refractivity contribution in [2.24, 2.45) is 5.92 Å². The molecule has 3 heteroatoms. The number of ether oxygens (including phenoxy) is 1. The van der Waals surface area contributed by atoms with Gasteiger partial charge in [0.05, 0.1) is 0 Å². The maximum atomic E-state index is 11.5. The zero-order chi connectivity index (χ0) is 14.4. The first-order valence-electron chi connectivity index (χ1n) is 7.19. The van der Waals surface area contributed by atoms with Crippen molar-refractivity contribution in [2.45, 2.75) is 39.0 Å². The average Bonchev–Trinajstić information content (AvgIpc) is 2.85. The van der Waals surface area contributed by atoms with Gasteiger partial charge < -0.3 is 4.74 Å². The summed E-state index contributed by atoms with van der Waals surface area (Å²) in [6.07, 6.45) is 7.96. The second-order valence-corrected chi connectivity index (χ2v) is 5.09. The topological polar surface area (TPSA) is 43.4 Å². The Morgan fingerprint density at radius 2 is 2.30 bits per heavy atom. The summed E-state index contributed by atoms with van der Waals surface area (Å²) in [6, 6.07) is 7.42. The fourth-order valence-electron chi connectivity index (χ4n) is 2.39. The molecule has 2 rings (SSSR count). The Morgan fingerprint density at radius 1 is 1.45 bits per heavy atom. The van der Waals surface area contributed by atoms with Crippen LogP contribution in [-0.4, -0.2) is 11.8 Å². The molecule has 0 spiro atoms. The molecule has 1 aromatic rings. The van der Waals surface area contributed by atoms with Crippen LogP contribution < -0.4 is 4.74 Å². The van der Waals surface area contributed by atoms with Gasteiger partial charge in [-0.3, -0.25) is 9.59 Å². The molecule has 1 saturated carbocycles. The molecule has 1 aliphatic rings. The molecule has 20 heavy (non-hydrogen) atoms. The molecule has 0 aliphatic heterocycles. The lowest BCUT2D eigenvalue weighted by Gasteiger charge is -2.04. The van der Waals surface area contributed by atoms with Crippen molar-refractivity contribution >= 4 is 17.8 Å². The van der Waals surface area contributed by atoms with Gasteiger partial charge in [0.25, 0.3) is 0 Å². The maximum Gasteiger partial charge on any atom is 0.310 e. The first-order valence-corrected chi connectivity index (χ1v) is 7.19. The van der Waals surface area contributed by atoms with E-state index in [0.29, 0.717) is 18.0 Å². The average molecular weight is 272 g/mol. The molecule has 1 fully saturated rings. The minimum atomic E-state index is -0.234. The largest absolute Gasteiger partial charge is 0.427 e. The Kier molecular flexibility index (Phi) is 5.10. The van der Waals surface area contributed by atoms with E-state index in [-0.39, 0.29) is 11.9 Å². The SMILES string of the molecule is CCC(=O)Oc1cccc(/C=C/CC2CCCC2=O)c1. The summed E-state index contributed by atoms with van der Waals surface area (Å²) >= 11 is 0. The van der Waals surface area contributed by atoms with Crippen molar-refractivity contribution in [3.8, 4) is 5.75 Å². The van der Waals surface area contributed by atoms with Crippen LogP contribution in [-0.2, 0) is 9.59 Å². The fraction of sp³-hybridized carbons (Fsp3) is 0.412. The van der Waals surface area contributed by atoms with E-state index in [0.717, 1.165) is 31.2 Å². The molecule has 0 amide bonds. The normalized spacial score (nSPS) is 18.6. The van der Waals surface area contributed by atoms with Crippen LogP contribution in [0.15, 0.2) is 30.3 Å². The Hall–Kier alpha value is -1.90. The summed E-state index contributed by atoms with van der Waals surface area (Å²) < 4.78 is 5.17. The minimum Gasteiger partial charge on any atom is -0.427 e. The van der Waals surface area contributed by atoms with E-state index >= 15 is 0 Å². The lowest BCUT2D eigenvalue weighted by atomic mass is 10.0. The lowest BCUT2D eigenvalue weighted by molar-refractivity contribution is -0.134. The second-order valence-electron chi connectivity index (χ2n) is 5.09. The van der Waals surface area contributed by atoms with Gasteiger partial charge in [0.1, 0.15) is 11.5 Å². The highest BCUT2D eigenvalue weighted by molar-refractivity contribution is 5.83. The zero-order valence-electron chi connectivity index (χ0n) is 11.8. The van der Waals surface area contributed by atoms with Gasteiger partial charge in [0, 0.05) is 18.8 Å². The van der Waals surface area contributed by atoms with Crippen LogP contribution in [0.5, 0.6) is 5.75 Å². The summed E-state index contributed by atoms with van der Waals surface area (Å²) in [5.41, 5.74) is 0.983. The van der Waals surface area contributed by atoms with Crippen LogP contribution in [0.4, 0.5) is 0 Å². The van der Waals surface area contributed by atoms with Crippen LogP contribution in [0.3, 0.4) is 0 Å². The van der Waals surface area contributed by atoms with Gasteiger partial charge in [-0.15, -0.1) is 0 Å². The molecule has 1 aliphatic carbocycles. The number of esters is 1. The molecule has 3 nitrogen and oxygen atoms in total. The van der Waals surface area contributed by atoms with Crippen molar-refractivity contribution in [3.63, 3.8) is 0 Å². The van der Waals surface area contributed by atoms with E-state index < -0.39 is 0 Å². The Labute approximate surface area is 119 Å². The summed E-state index contributed by atoms with van der Waals surface area (Å²) in [7, 11) is 0. The zero-order valence-corrected chi connectivity index (χ0v) is 11.8. The van der Waals surface area contributed by atoms with Gasteiger partial charge in [0.2, 0.25) is 0 Å². The molecule has 1 aromatic carbocycles. The number of carbonyl (C=O) groups excluding carboxylic acids is 2. The van der Waals surface area contributed by atoms with E-state index in [1.807, 2.05) is 30.4 Å². The second kappa shape index (κ2) is 7.04. The molecule has 106 valence electrons. The first kappa shape index (κ1) is 14.5. The molecule has 1 unspecified atom stereocenters. The molecule has 1 atom stereocenters. The first-order chi connectivity index (χ1) is 9.69. The predicted octanol–water partition coefficient (Wildman–Crippen LogP) is 3.77. The van der Waals surface area contributed by atoms with Crippen LogP contribution in [0.2, 0.25) is 0 Å². The third kappa shape index (κ3) is 4.05. The number of hydrogen-bond acceptors (Lipinski definition) is 3. The van der Waals surface area contributed by atoms with Crippen molar-refractivity contribution in [3.05, 3.63) is 35.9 Å². The van der Waals surface area contributed by atoms with E-state index in [9.17, 15) is 9.59 Å². The molecule has 0 heterocycles. The Morgan fingerprint density at radius 3 is 3.00 bits per heavy atom. The predicted molar refractivity (Wildman–Crippen MR) is 78.4 cm³/mol. The highest BCUT2D eigenvalue weighted by Crippen LogP contribution is 2.25. The highest BCUT2D eigenvalue weighted by atomic mass is 16.5. The van der Waals surface area contributed by atoms with Crippen molar-refractivity contribution in [2.75, 3.05) is 0 Å². The van der Waals surface area contributed by atoms with Gasteiger partial charge >= 0.3 is 5.97 Å². The third-order valence-corrected chi connectivity index (χ3v) is 3.54. The standard InChI is InChI=1S/C17H20O3/c1-2-17(19)20-15-10-4-7-13(12-15)6-3-8-14-9-5-11-16(14)18/h3-4,6-7,10,12,14H,2,5,8-9,11H2,1H3/b6-3+. The number of hydrogen-bond donors (Lipinski definition) is 0. The Bertz CT molecular complexity index is 517. The van der Waals surface area contributed by atoms with Crippen LogP contribution in [0.25, 0.3) is 6.08 Å². The van der Waals surface area contributed by atoms with E-state index in [2.05, 4.69) is 0 Å². The van der Waals surface area contributed by atoms with Crippen molar-refractivity contribution < 1.29 is 14.3 Å². The quantitative estimate of drug-likeness (QED) is 0.605.